The van der Waals surface area contributed by atoms with Gasteiger partial charge in [0.25, 0.3) is 10.0 Å². The SMILES string of the molecule is COc1ccc(Oc2ccc(S(=O)(=O)N(C)c3ccccc3)cc2)cc1. The van der Waals surface area contributed by atoms with E-state index in [1.54, 1.807) is 67.8 Å². The second-order valence-electron chi connectivity index (χ2n) is 5.56. The summed E-state index contributed by atoms with van der Waals surface area (Å²) in [4.78, 5) is 0.200. The number of sulfonamides is 1. The van der Waals surface area contributed by atoms with Gasteiger partial charge in [-0.15, -0.1) is 0 Å². The number of ether oxygens (including phenoxy) is 2. The standard InChI is InChI=1S/C20H19NO4S/c1-21(16-6-4-3-5-7-16)26(22,23)20-14-12-19(13-15-20)25-18-10-8-17(24-2)9-11-18/h3-15H,1-2H3. The fraction of sp³-hybridized carbons (Fsp3) is 0.100. The second kappa shape index (κ2) is 7.49. The minimum Gasteiger partial charge on any atom is -0.497 e. The Morgan fingerprint density at radius 2 is 1.23 bits per heavy atom. The Hall–Kier alpha value is -2.99. The van der Waals surface area contributed by atoms with Crippen LogP contribution in [0.5, 0.6) is 17.2 Å². The maximum atomic E-state index is 12.7. The Morgan fingerprint density at radius 3 is 1.77 bits per heavy atom. The maximum absolute atomic E-state index is 12.7. The van der Waals surface area contributed by atoms with Crippen LogP contribution in [0.2, 0.25) is 0 Å². The Balaban J connectivity index is 1.77. The zero-order valence-electron chi connectivity index (χ0n) is 14.5. The molecule has 6 heteroatoms. The summed E-state index contributed by atoms with van der Waals surface area (Å²) in [6.07, 6.45) is 0. The Kier molecular flexibility index (Phi) is 5.14. The van der Waals surface area contributed by atoms with Crippen molar-refractivity contribution >= 4 is 15.7 Å². The Morgan fingerprint density at radius 1 is 0.731 bits per heavy atom. The van der Waals surface area contributed by atoms with Crippen LogP contribution in [0.4, 0.5) is 5.69 Å². The van der Waals surface area contributed by atoms with Crippen molar-refractivity contribution in [1.29, 1.82) is 0 Å². The van der Waals surface area contributed by atoms with Crippen molar-refractivity contribution in [2.75, 3.05) is 18.5 Å². The summed E-state index contributed by atoms with van der Waals surface area (Å²) in [6.45, 7) is 0. The number of para-hydroxylation sites is 1. The van der Waals surface area contributed by atoms with Crippen LogP contribution in [0.15, 0.2) is 83.8 Å². The van der Waals surface area contributed by atoms with Crippen LogP contribution in [0, 0.1) is 0 Å². The molecule has 0 aromatic heterocycles. The molecule has 0 fully saturated rings. The van der Waals surface area contributed by atoms with Crippen molar-refractivity contribution in [1.82, 2.24) is 0 Å². The molecule has 3 aromatic carbocycles. The fourth-order valence-corrected chi connectivity index (χ4v) is 3.59. The zero-order chi connectivity index (χ0) is 18.6. The highest BCUT2D eigenvalue weighted by molar-refractivity contribution is 7.92. The zero-order valence-corrected chi connectivity index (χ0v) is 15.3. The van der Waals surface area contributed by atoms with Gasteiger partial charge in [0.1, 0.15) is 17.2 Å². The van der Waals surface area contributed by atoms with Gasteiger partial charge in [-0.05, 0) is 60.7 Å². The van der Waals surface area contributed by atoms with E-state index < -0.39 is 10.0 Å². The minimum atomic E-state index is -3.63. The molecule has 3 aromatic rings. The van der Waals surface area contributed by atoms with Crippen molar-refractivity contribution in [3.63, 3.8) is 0 Å². The van der Waals surface area contributed by atoms with Crippen LogP contribution >= 0.6 is 0 Å². The van der Waals surface area contributed by atoms with Gasteiger partial charge in [0, 0.05) is 7.05 Å². The first-order valence-electron chi connectivity index (χ1n) is 7.96. The highest BCUT2D eigenvalue weighted by Crippen LogP contribution is 2.27. The van der Waals surface area contributed by atoms with Crippen LogP contribution in [0.1, 0.15) is 0 Å². The van der Waals surface area contributed by atoms with Crippen LogP contribution in [0.3, 0.4) is 0 Å². The molecule has 0 atom stereocenters. The third kappa shape index (κ3) is 3.81. The molecule has 134 valence electrons. The monoisotopic (exact) mass is 369 g/mol. The number of hydrogen-bond acceptors (Lipinski definition) is 4. The summed E-state index contributed by atoms with van der Waals surface area (Å²) in [6, 6.07) is 22.4. The van der Waals surface area contributed by atoms with Gasteiger partial charge in [-0.3, -0.25) is 4.31 Å². The number of anilines is 1. The predicted molar refractivity (Wildman–Crippen MR) is 102 cm³/mol. The van der Waals surface area contributed by atoms with Gasteiger partial charge in [-0.1, -0.05) is 18.2 Å². The lowest BCUT2D eigenvalue weighted by molar-refractivity contribution is 0.413. The van der Waals surface area contributed by atoms with Gasteiger partial charge in [0.15, 0.2) is 0 Å². The molecule has 0 unspecified atom stereocenters. The van der Waals surface area contributed by atoms with E-state index in [1.807, 2.05) is 6.07 Å². The Labute approximate surface area is 153 Å². The molecule has 0 bridgehead atoms. The highest BCUT2D eigenvalue weighted by atomic mass is 32.2. The Bertz CT molecular complexity index is 953. The largest absolute Gasteiger partial charge is 0.497 e. The molecular weight excluding hydrogens is 350 g/mol. The molecule has 0 aliphatic heterocycles. The molecule has 0 radical (unpaired) electrons. The van der Waals surface area contributed by atoms with Gasteiger partial charge in [0.2, 0.25) is 0 Å². The molecular formula is C20H19NO4S. The van der Waals surface area contributed by atoms with E-state index in [1.165, 1.54) is 23.5 Å². The van der Waals surface area contributed by atoms with Crippen LogP contribution in [-0.2, 0) is 10.0 Å². The first-order chi connectivity index (χ1) is 12.5. The molecule has 0 aliphatic carbocycles. The molecule has 0 saturated heterocycles. The summed E-state index contributed by atoms with van der Waals surface area (Å²) in [5, 5.41) is 0. The molecule has 5 nitrogen and oxygen atoms in total. The smallest absolute Gasteiger partial charge is 0.264 e. The lowest BCUT2D eigenvalue weighted by atomic mass is 10.3. The molecule has 0 heterocycles. The van der Waals surface area contributed by atoms with Crippen molar-refractivity contribution in [2.45, 2.75) is 4.90 Å². The van der Waals surface area contributed by atoms with E-state index >= 15 is 0 Å². The van der Waals surface area contributed by atoms with E-state index in [0.29, 0.717) is 17.2 Å². The summed E-state index contributed by atoms with van der Waals surface area (Å²) in [5.74, 6) is 1.93. The van der Waals surface area contributed by atoms with Crippen LogP contribution < -0.4 is 13.8 Å². The average molecular weight is 369 g/mol. The quantitative estimate of drug-likeness (QED) is 0.650. The van der Waals surface area contributed by atoms with Crippen molar-refractivity contribution < 1.29 is 17.9 Å². The van der Waals surface area contributed by atoms with Crippen LogP contribution in [0.25, 0.3) is 0 Å². The molecule has 0 N–H and O–H groups in total. The van der Waals surface area contributed by atoms with Gasteiger partial charge >= 0.3 is 0 Å². The lowest BCUT2D eigenvalue weighted by Crippen LogP contribution is -2.26. The van der Waals surface area contributed by atoms with Gasteiger partial charge < -0.3 is 9.47 Å². The number of nitrogens with zero attached hydrogens (tertiary/aromatic N) is 1. The molecule has 0 saturated carbocycles. The topological polar surface area (TPSA) is 55.8 Å². The van der Waals surface area contributed by atoms with E-state index in [9.17, 15) is 8.42 Å². The van der Waals surface area contributed by atoms with E-state index in [2.05, 4.69) is 0 Å². The van der Waals surface area contributed by atoms with Crippen LogP contribution in [-0.4, -0.2) is 22.6 Å². The third-order valence-corrected chi connectivity index (χ3v) is 5.70. The number of rotatable bonds is 6. The highest BCUT2D eigenvalue weighted by Gasteiger charge is 2.21. The molecule has 26 heavy (non-hydrogen) atoms. The van der Waals surface area contributed by atoms with Crippen molar-refractivity contribution in [3.05, 3.63) is 78.9 Å². The van der Waals surface area contributed by atoms with Gasteiger partial charge in [-0.25, -0.2) is 8.42 Å². The first kappa shape index (κ1) is 17.8. The molecule has 0 amide bonds. The number of methoxy groups -OCH3 is 1. The van der Waals surface area contributed by atoms with E-state index in [-0.39, 0.29) is 4.90 Å². The van der Waals surface area contributed by atoms with Gasteiger partial charge in [-0.2, -0.15) is 0 Å². The average Bonchev–Trinajstić information content (AvgIpc) is 2.69. The summed E-state index contributed by atoms with van der Waals surface area (Å²) < 4.78 is 37.6. The van der Waals surface area contributed by atoms with Crippen molar-refractivity contribution in [3.8, 4) is 17.2 Å². The lowest BCUT2D eigenvalue weighted by Gasteiger charge is -2.19. The second-order valence-corrected chi connectivity index (χ2v) is 7.53. The summed E-state index contributed by atoms with van der Waals surface area (Å²) in [5.41, 5.74) is 0.603. The van der Waals surface area contributed by atoms with Gasteiger partial charge in [0.05, 0.1) is 17.7 Å². The normalized spacial score (nSPS) is 11.0. The number of hydrogen-bond donors (Lipinski definition) is 0. The summed E-state index contributed by atoms with van der Waals surface area (Å²) >= 11 is 0. The number of benzene rings is 3. The molecule has 0 aliphatic rings. The first-order valence-corrected chi connectivity index (χ1v) is 9.40. The maximum Gasteiger partial charge on any atom is 0.264 e. The summed E-state index contributed by atoms with van der Waals surface area (Å²) in [7, 11) is -0.497. The van der Waals surface area contributed by atoms with Crippen molar-refractivity contribution in [2.24, 2.45) is 0 Å². The molecule has 0 spiro atoms. The van der Waals surface area contributed by atoms with E-state index in [4.69, 9.17) is 9.47 Å². The fourth-order valence-electron chi connectivity index (χ4n) is 2.39. The minimum absolute atomic E-state index is 0.200. The molecule has 3 rings (SSSR count). The van der Waals surface area contributed by atoms with E-state index in [0.717, 1.165) is 5.75 Å². The third-order valence-electron chi connectivity index (χ3n) is 3.90. The predicted octanol–water partition coefficient (Wildman–Crippen LogP) is 4.31.